The molecule has 168 valence electrons. The van der Waals surface area contributed by atoms with Crippen molar-refractivity contribution in [3.8, 4) is 0 Å². The number of carbonyl (C=O) groups is 4. The van der Waals surface area contributed by atoms with E-state index in [1.165, 1.54) is 13.8 Å². The minimum atomic E-state index is -1.97. The summed E-state index contributed by atoms with van der Waals surface area (Å²) in [6, 6.07) is 0. The van der Waals surface area contributed by atoms with E-state index in [4.69, 9.17) is 24.8 Å². The lowest BCUT2D eigenvalue weighted by molar-refractivity contribution is -0.175. The highest BCUT2D eigenvalue weighted by atomic mass is 16.6. The Balaban J connectivity index is 0. The Morgan fingerprint density at radius 2 is 1.23 bits per heavy atom. The molecule has 0 aromatic carbocycles. The molecule has 0 aromatic rings. The highest BCUT2D eigenvalue weighted by Gasteiger charge is 2.41. The second-order valence-electron chi connectivity index (χ2n) is 5.93. The van der Waals surface area contributed by atoms with E-state index < -0.39 is 47.9 Å². The van der Waals surface area contributed by atoms with Gasteiger partial charge in [-0.15, -0.1) is 0 Å². The Labute approximate surface area is 174 Å². The van der Waals surface area contributed by atoms with Crippen LogP contribution in [-0.4, -0.2) is 81.6 Å². The Bertz CT molecular complexity index is 675. The topological polar surface area (TPSA) is 168 Å². The molecule has 0 fully saturated rings. The third-order valence-corrected chi connectivity index (χ3v) is 3.18. The van der Waals surface area contributed by atoms with Crippen LogP contribution in [0.15, 0.2) is 49.6 Å². The highest BCUT2D eigenvalue weighted by molar-refractivity contribution is 5.99. The predicted octanol–water partition coefficient (Wildman–Crippen LogP) is -0.835. The van der Waals surface area contributed by atoms with Crippen molar-refractivity contribution in [2.75, 3.05) is 13.2 Å². The molecular weight excluding hydrogens is 400 g/mol. The number of carbonyl (C=O) groups excluding carboxylic acids is 4. The molecule has 0 spiro atoms. The summed E-state index contributed by atoms with van der Waals surface area (Å²) in [6.45, 7) is 15.1. The summed E-state index contributed by atoms with van der Waals surface area (Å²) in [5.41, 5.74) is -0.0827. The van der Waals surface area contributed by atoms with Gasteiger partial charge in [-0.05, 0) is 26.0 Å². The second kappa shape index (κ2) is 15.0. The molecule has 30 heavy (non-hydrogen) atoms. The van der Waals surface area contributed by atoms with Gasteiger partial charge in [0.15, 0.2) is 23.8 Å². The van der Waals surface area contributed by atoms with Crippen molar-refractivity contribution >= 4 is 23.5 Å². The van der Waals surface area contributed by atoms with E-state index >= 15 is 0 Å². The Morgan fingerprint density at radius 1 is 0.833 bits per heavy atom. The number of ketones is 2. The molecule has 0 saturated heterocycles. The van der Waals surface area contributed by atoms with Crippen molar-refractivity contribution in [1.82, 2.24) is 0 Å². The summed E-state index contributed by atoms with van der Waals surface area (Å²) >= 11 is 0. The Kier molecular flexibility index (Phi) is 14.6. The van der Waals surface area contributed by atoms with E-state index in [9.17, 15) is 24.3 Å². The van der Waals surface area contributed by atoms with Crippen molar-refractivity contribution in [3.63, 3.8) is 0 Å². The van der Waals surface area contributed by atoms with Gasteiger partial charge in [-0.25, -0.2) is 9.59 Å². The van der Waals surface area contributed by atoms with Gasteiger partial charge in [0.2, 0.25) is 6.10 Å². The summed E-state index contributed by atoms with van der Waals surface area (Å²) in [5, 5.41) is 34.1. The first-order chi connectivity index (χ1) is 13.9. The van der Waals surface area contributed by atoms with Crippen LogP contribution in [0.1, 0.15) is 13.8 Å². The van der Waals surface area contributed by atoms with Gasteiger partial charge in [-0.2, -0.15) is 0 Å². The lowest BCUT2D eigenvalue weighted by atomic mass is 10.00. The van der Waals surface area contributed by atoms with Gasteiger partial charge in [-0.1, -0.05) is 26.3 Å². The summed E-state index contributed by atoms with van der Waals surface area (Å²) in [6.07, 6.45) is -4.92. The average Bonchev–Trinajstić information content (AvgIpc) is 2.73. The van der Waals surface area contributed by atoms with Gasteiger partial charge in [-0.3, -0.25) is 9.59 Å². The maximum absolute atomic E-state index is 12.0. The van der Waals surface area contributed by atoms with Crippen LogP contribution in [0.25, 0.3) is 0 Å². The fourth-order valence-electron chi connectivity index (χ4n) is 1.48. The molecule has 4 N–H and O–H groups in total. The first-order valence-corrected chi connectivity index (χ1v) is 8.51. The van der Waals surface area contributed by atoms with Crippen LogP contribution in [0.5, 0.6) is 0 Å². The van der Waals surface area contributed by atoms with Crippen LogP contribution in [0.3, 0.4) is 0 Å². The molecular formula is C20H28O10. The van der Waals surface area contributed by atoms with Gasteiger partial charge in [0.1, 0.15) is 6.10 Å². The quantitative estimate of drug-likeness (QED) is 0.227. The minimum absolute atomic E-state index is 0.0358. The van der Waals surface area contributed by atoms with Gasteiger partial charge in [0, 0.05) is 11.1 Å². The van der Waals surface area contributed by atoms with Crippen molar-refractivity contribution in [2.24, 2.45) is 0 Å². The molecule has 0 rings (SSSR count). The van der Waals surface area contributed by atoms with Crippen LogP contribution in [0, 0.1) is 0 Å². The number of hydrogen-bond donors (Lipinski definition) is 4. The SMILES string of the molecule is C=CC(=O)C(O)C(OC(=O)C(=C)C)C(OC(=O)C(=C)C)C(=O)C=C.OCC(O)CO. The van der Waals surface area contributed by atoms with Gasteiger partial charge < -0.3 is 29.9 Å². The standard InChI is InChI=1S/C17H20O7.C3H8O3/c1-7-11(18)13(20)15(24-17(22)10(5)6)14(12(19)8-2)23-16(21)9(3)4;4-1-3(6)2-5/h7-8,13-15,20H,1-3,5H2,4,6H3;3-6H,1-2H2. The Morgan fingerprint density at radius 3 is 1.53 bits per heavy atom. The lowest BCUT2D eigenvalue weighted by Gasteiger charge is -2.28. The number of rotatable bonds is 12. The zero-order valence-corrected chi connectivity index (χ0v) is 16.9. The monoisotopic (exact) mass is 428 g/mol. The molecule has 0 saturated carbocycles. The molecule has 0 bridgehead atoms. The Hall–Kier alpha value is -2.92. The van der Waals surface area contributed by atoms with Crippen molar-refractivity contribution in [2.45, 2.75) is 38.3 Å². The predicted molar refractivity (Wildman–Crippen MR) is 106 cm³/mol. The lowest BCUT2D eigenvalue weighted by Crippen LogP contribution is -2.50. The fourth-order valence-corrected chi connectivity index (χ4v) is 1.48. The van der Waals surface area contributed by atoms with Gasteiger partial charge in [0.05, 0.1) is 13.2 Å². The van der Waals surface area contributed by atoms with Crippen molar-refractivity contribution in [3.05, 3.63) is 49.6 Å². The first kappa shape index (κ1) is 29.3. The molecule has 0 aliphatic rings. The zero-order chi connectivity index (χ0) is 24.0. The van der Waals surface area contributed by atoms with Gasteiger partial charge >= 0.3 is 11.9 Å². The molecule has 0 aromatic heterocycles. The smallest absolute Gasteiger partial charge is 0.333 e. The fraction of sp³-hybridized carbons (Fsp3) is 0.400. The largest absolute Gasteiger partial charge is 0.451 e. The van der Waals surface area contributed by atoms with Crippen LogP contribution >= 0.6 is 0 Å². The molecule has 0 amide bonds. The molecule has 10 heteroatoms. The molecule has 0 heterocycles. The van der Waals surface area contributed by atoms with Crippen LogP contribution < -0.4 is 0 Å². The number of aliphatic hydroxyl groups is 4. The molecule has 3 atom stereocenters. The number of aliphatic hydroxyl groups excluding tert-OH is 4. The maximum atomic E-state index is 12.0. The van der Waals surface area contributed by atoms with Crippen molar-refractivity contribution < 1.29 is 49.1 Å². The third kappa shape index (κ3) is 10.6. The molecule has 3 unspecified atom stereocenters. The third-order valence-electron chi connectivity index (χ3n) is 3.18. The minimum Gasteiger partial charge on any atom is -0.451 e. The number of esters is 2. The normalized spacial score (nSPS) is 12.9. The van der Waals surface area contributed by atoms with Crippen LogP contribution in [0.2, 0.25) is 0 Å². The maximum Gasteiger partial charge on any atom is 0.333 e. The van der Waals surface area contributed by atoms with Crippen LogP contribution in [-0.2, 0) is 28.7 Å². The number of hydrogen-bond acceptors (Lipinski definition) is 10. The first-order valence-electron chi connectivity index (χ1n) is 8.51. The van der Waals surface area contributed by atoms with Gasteiger partial charge in [0.25, 0.3) is 0 Å². The van der Waals surface area contributed by atoms with Crippen LogP contribution in [0.4, 0.5) is 0 Å². The van der Waals surface area contributed by atoms with E-state index in [-0.39, 0.29) is 24.4 Å². The molecule has 10 nitrogen and oxygen atoms in total. The van der Waals surface area contributed by atoms with E-state index in [0.29, 0.717) is 0 Å². The summed E-state index contributed by atoms with van der Waals surface area (Å²) in [4.78, 5) is 47.1. The van der Waals surface area contributed by atoms with E-state index in [1.54, 1.807) is 0 Å². The van der Waals surface area contributed by atoms with Crippen molar-refractivity contribution in [1.29, 1.82) is 0 Å². The summed E-state index contributed by atoms with van der Waals surface area (Å²) < 4.78 is 9.84. The molecule has 0 aliphatic carbocycles. The average molecular weight is 428 g/mol. The number of ether oxygens (including phenoxy) is 2. The summed E-state index contributed by atoms with van der Waals surface area (Å²) in [5.74, 6) is -3.75. The second-order valence-corrected chi connectivity index (χ2v) is 5.93. The highest BCUT2D eigenvalue weighted by Crippen LogP contribution is 2.16. The van der Waals surface area contributed by atoms with E-state index in [1.807, 2.05) is 0 Å². The van der Waals surface area contributed by atoms with E-state index in [0.717, 1.165) is 12.2 Å². The van der Waals surface area contributed by atoms with E-state index in [2.05, 4.69) is 26.3 Å². The summed E-state index contributed by atoms with van der Waals surface area (Å²) in [7, 11) is 0. The molecule has 0 radical (unpaired) electrons. The molecule has 0 aliphatic heterocycles. The zero-order valence-electron chi connectivity index (χ0n) is 16.9.